The molecule has 0 saturated heterocycles. The van der Waals surface area contributed by atoms with Crippen LogP contribution in [-0.2, 0) is 16.1 Å². The number of rotatable bonds is 5. The highest BCUT2D eigenvalue weighted by atomic mass is 16.7. The van der Waals surface area contributed by atoms with Crippen LogP contribution < -0.4 is 0 Å². The third kappa shape index (κ3) is 4.50. The molecule has 0 bridgehead atoms. The van der Waals surface area contributed by atoms with Gasteiger partial charge in [-0.3, -0.25) is 14.9 Å². The van der Waals surface area contributed by atoms with Crippen LogP contribution >= 0.6 is 0 Å². The van der Waals surface area contributed by atoms with E-state index in [2.05, 4.69) is 0 Å². The minimum absolute atomic E-state index is 0.00737. The molecule has 0 aromatic heterocycles. The summed E-state index contributed by atoms with van der Waals surface area (Å²) in [5, 5.41) is 13.5. The van der Waals surface area contributed by atoms with Gasteiger partial charge in [-0.05, 0) is 34.9 Å². The molecule has 0 N–H and O–H groups in total. The number of aryl methyl sites for hydroxylation is 1. The van der Waals surface area contributed by atoms with Crippen molar-refractivity contribution in [2.75, 3.05) is 7.05 Å². The van der Waals surface area contributed by atoms with Crippen LogP contribution in [0.15, 0.2) is 66.7 Å². The first kappa shape index (κ1) is 19.0. The fourth-order valence-corrected chi connectivity index (χ4v) is 2.77. The van der Waals surface area contributed by atoms with Gasteiger partial charge in [0.2, 0.25) is 0 Å². The lowest BCUT2D eigenvalue weighted by molar-refractivity contribution is -0.384. The average molecular weight is 378 g/mol. The summed E-state index contributed by atoms with van der Waals surface area (Å²) in [7, 11) is 1.39. The predicted octanol–water partition coefficient (Wildman–Crippen LogP) is 3.91. The highest BCUT2D eigenvalue weighted by molar-refractivity contribution is 5.98. The molecule has 0 spiro atoms. The molecule has 0 saturated carbocycles. The van der Waals surface area contributed by atoms with Crippen LogP contribution in [0.1, 0.15) is 22.3 Å². The second kappa shape index (κ2) is 8.30. The van der Waals surface area contributed by atoms with Crippen LogP contribution in [0.25, 0.3) is 10.8 Å². The van der Waals surface area contributed by atoms with Crippen LogP contribution in [0.3, 0.4) is 0 Å². The number of non-ortho nitro benzene ring substituents is 1. The van der Waals surface area contributed by atoms with Crippen molar-refractivity contribution in [3.05, 3.63) is 88.0 Å². The molecule has 3 aromatic carbocycles. The number of fused-ring (bicyclic) bond motifs is 1. The number of hydrogen-bond acceptors (Lipinski definition) is 5. The Labute approximate surface area is 161 Å². The van der Waals surface area contributed by atoms with Crippen molar-refractivity contribution in [2.24, 2.45) is 0 Å². The van der Waals surface area contributed by atoms with Crippen molar-refractivity contribution < 1.29 is 19.3 Å². The summed E-state index contributed by atoms with van der Waals surface area (Å²) in [6.07, 6.45) is 0.405. The van der Waals surface area contributed by atoms with Crippen LogP contribution in [0, 0.1) is 10.1 Å². The van der Waals surface area contributed by atoms with E-state index in [4.69, 9.17) is 4.84 Å². The lowest BCUT2D eigenvalue weighted by Gasteiger charge is -2.16. The Morgan fingerprint density at radius 1 is 1.00 bits per heavy atom. The maximum Gasteiger partial charge on any atom is 0.332 e. The molecular weight excluding hydrogens is 360 g/mol. The molecule has 28 heavy (non-hydrogen) atoms. The van der Waals surface area contributed by atoms with Gasteiger partial charge in [0, 0.05) is 24.7 Å². The monoisotopic (exact) mass is 378 g/mol. The summed E-state index contributed by atoms with van der Waals surface area (Å²) in [4.78, 5) is 39.8. The maximum atomic E-state index is 12.5. The van der Waals surface area contributed by atoms with E-state index < -0.39 is 16.8 Å². The molecule has 0 atom stereocenters. The molecule has 142 valence electrons. The summed E-state index contributed by atoms with van der Waals surface area (Å²) in [5.41, 5.74) is 1.18. The van der Waals surface area contributed by atoms with Gasteiger partial charge in [0.25, 0.3) is 11.6 Å². The van der Waals surface area contributed by atoms with Gasteiger partial charge in [0.1, 0.15) is 0 Å². The van der Waals surface area contributed by atoms with E-state index in [1.165, 1.54) is 19.2 Å². The predicted molar refractivity (Wildman–Crippen MR) is 104 cm³/mol. The molecule has 7 nitrogen and oxygen atoms in total. The highest BCUT2D eigenvalue weighted by Gasteiger charge is 2.17. The van der Waals surface area contributed by atoms with E-state index in [0.717, 1.165) is 21.4 Å². The minimum atomic E-state index is -0.560. The maximum absolute atomic E-state index is 12.5. The van der Waals surface area contributed by atoms with E-state index in [9.17, 15) is 19.7 Å². The number of carbonyl (C=O) groups excluding carboxylic acids is 2. The second-order valence-corrected chi connectivity index (χ2v) is 6.25. The fraction of sp³-hybridized carbons (Fsp3) is 0.143. The summed E-state index contributed by atoms with van der Waals surface area (Å²) in [6.45, 7) is 0. The second-order valence-electron chi connectivity index (χ2n) is 6.25. The van der Waals surface area contributed by atoms with Crippen LogP contribution in [-0.4, -0.2) is 28.9 Å². The van der Waals surface area contributed by atoms with Crippen molar-refractivity contribution >= 4 is 28.3 Å². The first-order chi connectivity index (χ1) is 13.4. The quantitative estimate of drug-likeness (QED) is 0.496. The first-order valence-electron chi connectivity index (χ1n) is 8.65. The fourth-order valence-electron chi connectivity index (χ4n) is 2.77. The first-order valence-corrected chi connectivity index (χ1v) is 8.65. The van der Waals surface area contributed by atoms with Crippen LogP contribution in [0.4, 0.5) is 5.69 Å². The van der Waals surface area contributed by atoms with E-state index >= 15 is 0 Å². The van der Waals surface area contributed by atoms with E-state index in [0.29, 0.717) is 12.0 Å². The number of hydroxylamine groups is 2. The van der Waals surface area contributed by atoms with Gasteiger partial charge in [-0.25, -0.2) is 4.79 Å². The van der Waals surface area contributed by atoms with Crippen molar-refractivity contribution in [3.8, 4) is 0 Å². The zero-order valence-electron chi connectivity index (χ0n) is 15.2. The SMILES string of the molecule is CN(OC(=O)CCc1ccc([N+](=O)[O-])cc1)C(=O)c1ccc2ccccc2c1. The van der Waals surface area contributed by atoms with Crippen LogP contribution in [0.2, 0.25) is 0 Å². The standard InChI is InChI=1S/C21H18N2O5/c1-22(21(25)18-10-9-16-4-2-3-5-17(16)14-18)28-20(24)13-8-15-6-11-19(12-7-15)23(26)27/h2-7,9-12,14H,8,13H2,1H3. The van der Waals surface area contributed by atoms with E-state index in [1.807, 2.05) is 30.3 Å². The molecule has 0 aliphatic carbocycles. The van der Waals surface area contributed by atoms with Crippen molar-refractivity contribution in [2.45, 2.75) is 12.8 Å². The Kier molecular flexibility index (Phi) is 5.64. The molecule has 0 aliphatic heterocycles. The number of benzene rings is 3. The Hall–Kier alpha value is -3.74. The molecule has 0 aliphatic rings. The van der Waals surface area contributed by atoms with Crippen molar-refractivity contribution in [1.82, 2.24) is 5.06 Å². The third-order valence-electron chi connectivity index (χ3n) is 4.29. The van der Waals surface area contributed by atoms with Crippen LogP contribution in [0.5, 0.6) is 0 Å². The van der Waals surface area contributed by atoms with E-state index in [-0.39, 0.29) is 12.1 Å². The summed E-state index contributed by atoms with van der Waals surface area (Å²) >= 11 is 0. The molecule has 1 amide bonds. The minimum Gasteiger partial charge on any atom is -0.338 e. The molecule has 0 heterocycles. The number of nitrogens with zero attached hydrogens (tertiary/aromatic N) is 2. The smallest absolute Gasteiger partial charge is 0.332 e. The summed E-state index contributed by atoms with van der Waals surface area (Å²) in [6, 6.07) is 18.9. The summed E-state index contributed by atoms with van der Waals surface area (Å²) < 4.78 is 0. The zero-order valence-corrected chi connectivity index (χ0v) is 15.2. The number of nitro benzene ring substituents is 1. The van der Waals surface area contributed by atoms with Gasteiger partial charge in [-0.15, -0.1) is 0 Å². The van der Waals surface area contributed by atoms with Gasteiger partial charge in [-0.1, -0.05) is 42.5 Å². The molecule has 0 unspecified atom stereocenters. The lowest BCUT2D eigenvalue weighted by atomic mass is 10.1. The Balaban J connectivity index is 1.56. The van der Waals surface area contributed by atoms with Gasteiger partial charge >= 0.3 is 5.97 Å². The lowest BCUT2D eigenvalue weighted by Crippen LogP contribution is -2.30. The third-order valence-corrected chi connectivity index (χ3v) is 4.29. The Morgan fingerprint density at radius 2 is 1.68 bits per heavy atom. The molecular formula is C21H18N2O5. The number of hydrogen-bond donors (Lipinski definition) is 0. The Morgan fingerprint density at radius 3 is 2.36 bits per heavy atom. The molecule has 3 aromatic rings. The summed E-state index contributed by atoms with van der Waals surface area (Å²) in [5.74, 6) is -0.982. The van der Waals surface area contributed by atoms with Crippen molar-refractivity contribution in [3.63, 3.8) is 0 Å². The zero-order chi connectivity index (χ0) is 20.1. The molecule has 0 radical (unpaired) electrons. The Bertz CT molecular complexity index is 1030. The topological polar surface area (TPSA) is 89.8 Å². The average Bonchev–Trinajstić information content (AvgIpc) is 2.71. The highest BCUT2D eigenvalue weighted by Crippen LogP contribution is 2.17. The van der Waals surface area contributed by atoms with Gasteiger partial charge < -0.3 is 4.84 Å². The number of carbonyl (C=O) groups is 2. The van der Waals surface area contributed by atoms with Crippen molar-refractivity contribution in [1.29, 1.82) is 0 Å². The van der Waals surface area contributed by atoms with Gasteiger partial charge in [0.05, 0.1) is 11.3 Å². The van der Waals surface area contributed by atoms with Gasteiger partial charge in [0.15, 0.2) is 0 Å². The van der Waals surface area contributed by atoms with E-state index in [1.54, 1.807) is 24.3 Å². The molecule has 7 heteroatoms. The largest absolute Gasteiger partial charge is 0.338 e. The normalized spacial score (nSPS) is 10.5. The van der Waals surface area contributed by atoms with Gasteiger partial charge in [-0.2, -0.15) is 5.06 Å². The molecule has 3 rings (SSSR count). The number of nitro groups is 1. The number of amides is 1. The molecule has 0 fully saturated rings.